The van der Waals surface area contributed by atoms with E-state index in [1.54, 1.807) is 23.1 Å². The zero-order valence-electron chi connectivity index (χ0n) is 23.4. The number of benzene rings is 2. The van der Waals surface area contributed by atoms with Crippen LogP contribution in [-0.4, -0.2) is 50.1 Å². The quantitative estimate of drug-likeness (QED) is 0.217. The number of aromatic amines is 1. The maximum Gasteiger partial charge on any atom is 0.253 e. The molecule has 8 nitrogen and oxygen atoms in total. The zero-order valence-corrected chi connectivity index (χ0v) is 24.2. The van der Waals surface area contributed by atoms with Crippen LogP contribution in [0.15, 0.2) is 78.6 Å². The summed E-state index contributed by atoms with van der Waals surface area (Å²) < 4.78 is 9.82. The number of aliphatic hydroxyl groups excluding tert-OH is 1. The van der Waals surface area contributed by atoms with Crippen molar-refractivity contribution < 1.29 is 14.6 Å². The van der Waals surface area contributed by atoms with Crippen molar-refractivity contribution in [3.63, 3.8) is 0 Å². The third-order valence-electron chi connectivity index (χ3n) is 8.11. The van der Waals surface area contributed by atoms with E-state index in [1.807, 2.05) is 61.4 Å². The van der Waals surface area contributed by atoms with Crippen LogP contribution in [0.25, 0.3) is 43.9 Å². The van der Waals surface area contributed by atoms with E-state index in [0.29, 0.717) is 12.0 Å². The van der Waals surface area contributed by atoms with Crippen molar-refractivity contribution >= 4 is 28.1 Å². The summed E-state index contributed by atoms with van der Waals surface area (Å²) in [6, 6.07) is 18.0. The van der Waals surface area contributed by atoms with E-state index in [2.05, 4.69) is 44.2 Å². The molecule has 7 rings (SSSR count). The molecular formula is C33H31N5O3S. The van der Waals surface area contributed by atoms with E-state index in [1.165, 1.54) is 5.56 Å². The van der Waals surface area contributed by atoms with Gasteiger partial charge in [-0.3, -0.25) is 9.48 Å². The first-order chi connectivity index (χ1) is 20.5. The number of thiophene rings is 1. The Morgan fingerprint density at radius 3 is 2.83 bits per heavy atom. The number of methoxy groups -OCH3 is 1. The summed E-state index contributed by atoms with van der Waals surface area (Å²) in [5.74, 6) is 0.614. The van der Waals surface area contributed by atoms with E-state index in [0.717, 1.165) is 68.1 Å². The Morgan fingerprint density at radius 2 is 2.07 bits per heavy atom. The first-order valence-electron chi connectivity index (χ1n) is 14.0. The molecule has 0 radical (unpaired) electrons. The van der Waals surface area contributed by atoms with Crippen LogP contribution in [0.1, 0.15) is 21.5 Å². The molecule has 0 unspecified atom stereocenters. The number of H-pyrrole nitrogens is 1. The highest BCUT2D eigenvalue weighted by molar-refractivity contribution is 7.13. The smallest absolute Gasteiger partial charge is 0.253 e. The predicted octanol–water partition coefficient (Wildman–Crippen LogP) is 5.66. The van der Waals surface area contributed by atoms with Crippen LogP contribution in [0.2, 0.25) is 0 Å². The second-order valence-electron chi connectivity index (χ2n) is 10.7. The molecule has 0 fully saturated rings. The lowest BCUT2D eigenvalue weighted by atomic mass is 9.93. The van der Waals surface area contributed by atoms with Crippen LogP contribution < -0.4 is 10.1 Å². The molecule has 0 bridgehead atoms. The number of aryl methyl sites for hydroxylation is 2. The molecule has 0 spiro atoms. The number of aliphatic hydroxyl groups is 1. The standard InChI is InChI=1S/C33H31N5O3S/c1-37-18-22(17-35-37)26-14-25-20(13-30(26)41-2)9-10-38-29(25)15-27(32(38)31-8-5-11-42-31)33(40)36-23(19-39)12-21-16-34-28-7-4-3-6-24(21)28/h3-8,11,13-18,23,34,39H,9-10,12,19H2,1-2H3,(H,36,40)/t23-/m1/s1. The Balaban J connectivity index is 1.28. The molecule has 1 aliphatic rings. The summed E-state index contributed by atoms with van der Waals surface area (Å²) >= 11 is 1.62. The van der Waals surface area contributed by atoms with Crippen LogP contribution in [0, 0.1) is 0 Å². The van der Waals surface area contributed by atoms with Crippen LogP contribution in [0.3, 0.4) is 0 Å². The van der Waals surface area contributed by atoms with E-state index in [-0.39, 0.29) is 12.5 Å². The van der Waals surface area contributed by atoms with Crippen LogP contribution >= 0.6 is 11.3 Å². The van der Waals surface area contributed by atoms with Crippen molar-refractivity contribution in [2.45, 2.75) is 25.4 Å². The molecule has 5 heterocycles. The number of nitrogens with zero attached hydrogens (tertiary/aromatic N) is 3. The topological polar surface area (TPSA) is 97.1 Å². The van der Waals surface area contributed by atoms with Crippen molar-refractivity contribution in [1.82, 2.24) is 24.6 Å². The first kappa shape index (κ1) is 26.3. The molecule has 1 atom stereocenters. The Morgan fingerprint density at radius 1 is 1.19 bits per heavy atom. The zero-order chi connectivity index (χ0) is 28.8. The molecule has 3 N–H and O–H groups in total. The maximum atomic E-state index is 14.0. The maximum absolute atomic E-state index is 14.0. The minimum absolute atomic E-state index is 0.162. The second-order valence-corrected chi connectivity index (χ2v) is 11.6. The van der Waals surface area contributed by atoms with Gasteiger partial charge in [-0.1, -0.05) is 24.3 Å². The van der Waals surface area contributed by atoms with Crippen molar-refractivity contribution in [3.8, 4) is 38.7 Å². The Labute approximate surface area is 247 Å². The molecule has 212 valence electrons. The summed E-state index contributed by atoms with van der Waals surface area (Å²) in [7, 11) is 3.59. The Kier molecular flexibility index (Phi) is 6.68. The average molecular weight is 578 g/mol. The van der Waals surface area contributed by atoms with Gasteiger partial charge in [0.05, 0.1) is 42.1 Å². The Bertz CT molecular complexity index is 1910. The normalized spacial score (nSPS) is 13.1. The molecule has 6 aromatic rings. The monoisotopic (exact) mass is 577 g/mol. The summed E-state index contributed by atoms with van der Waals surface area (Å²) in [4.78, 5) is 18.3. The number of amides is 1. The number of rotatable bonds is 8. The highest BCUT2D eigenvalue weighted by Crippen LogP contribution is 2.43. The molecule has 1 amide bonds. The van der Waals surface area contributed by atoms with Gasteiger partial charge in [0.2, 0.25) is 0 Å². The van der Waals surface area contributed by atoms with Crippen molar-refractivity contribution in [2.24, 2.45) is 7.05 Å². The second kappa shape index (κ2) is 10.7. The highest BCUT2D eigenvalue weighted by Gasteiger charge is 2.29. The molecule has 4 aromatic heterocycles. The van der Waals surface area contributed by atoms with Crippen molar-refractivity contribution in [3.05, 3.63) is 95.3 Å². The number of hydrogen-bond donors (Lipinski definition) is 3. The molecule has 0 saturated carbocycles. The third-order valence-corrected chi connectivity index (χ3v) is 8.99. The lowest BCUT2D eigenvalue weighted by Crippen LogP contribution is -2.39. The van der Waals surface area contributed by atoms with Gasteiger partial charge < -0.3 is 24.7 Å². The number of fused-ring (bicyclic) bond motifs is 4. The lowest BCUT2D eigenvalue weighted by molar-refractivity contribution is 0.0917. The van der Waals surface area contributed by atoms with Gasteiger partial charge in [0.15, 0.2) is 0 Å². The number of aromatic nitrogens is 4. The summed E-state index contributed by atoms with van der Waals surface area (Å²) in [5.41, 5.74) is 8.80. The molecule has 1 aliphatic heterocycles. The summed E-state index contributed by atoms with van der Waals surface area (Å²) in [5, 5.41) is 20.9. The molecule has 2 aromatic carbocycles. The Hall–Kier alpha value is -4.60. The van der Waals surface area contributed by atoms with Gasteiger partial charge in [-0.25, -0.2) is 0 Å². The van der Waals surface area contributed by atoms with Gasteiger partial charge >= 0.3 is 0 Å². The number of carbonyl (C=O) groups excluding carboxylic acids is 1. The molecule has 42 heavy (non-hydrogen) atoms. The number of hydrogen-bond acceptors (Lipinski definition) is 5. The van der Waals surface area contributed by atoms with E-state index >= 15 is 0 Å². The number of ether oxygens (including phenoxy) is 1. The fourth-order valence-electron chi connectivity index (χ4n) is 6.10. The van der Waals surface area contributed by atoms with Crippen LogP contribution in [-0.2, 0) is 26.4 Å². The molecule has 9 heteroatoms. The van der Waals surface area contributed by atoms with E-state index in [4.69, 9.17) is 4.74 Å². The van der Waals surface area contributed by atoms with Gasteiger partial charge in [0.25, 0.3) is 5.91 Å². The van der Waals surface area contributed by atoms with E-state index < -0.39 is 6.04 Å². The minimum Gasteiger partial charge on any atom is -0.496 e. The average Bonchev–Trinajstić information content (AvgIpc) is 3.82. The van der Waals surface area contributed by atoms with Crippen molar-refractivity contribution in [2.75, 3.05) is 13.7 Å². The highest BCUT2D eigenvalue weighted by atomic mass is 32.1. The molecule has 0 saturated heterocycles. The lowest BCUT2D eigenvalue weighted by Gasteiger charge is -2.23. The third kappa shape index (κ3) is 4.51. The van der Waals surface area contributed by atoms with Gasteiger partial charge in [0, 0.05) is 59.3 Å². The molecule has 0 aliphatic carbocycles. The van der Waals surface area contributed by atoms with Gasteiger partial charge in [-0.15, -0.1) is 11.3 Å². The number of para-hydroxylation sites is 1. The summed E-state index contributed by atoms with van der Waals surface area (Å²) in [6.45, 7) is 0.585. The van der Waals surface area contributed by atoms with Gasteiger partial charge in [-0.05, 0) is 59.7 Å². The number of nitrogens with one attached hydrogen (secondary N) is 2. The number of carbonyl (C=O) groups is 1. The minimum atomic E-state index is -0.432. The summed E-state index contributed by atoms with van der Waals surface area (Å²) in [6.07, 6.45) is 7.11. The van der Waals surface area contributed by atoms with Crippen molar-refractivity contribution in [1.29, 1.82) is 0 Å². The first-order valence-corrected chi connectivity index (χ1v) is 14.9. The fourth-order valence-corrected chi connectivity index (χ4v) is 6.89. The van der Waals surface area contributed by atoms with Crippen LogP contribution in [0.5, 0.6) is 5.75 Å². The van der Waals surface area contributed by atoms with E-state index in [9.17, 15) is 9.90 Å². The fraction of sp³-hybridized carbons (Fsp3) is 0.212. The SMILES string of the molecule is COc1cc2c(cc1-c1cnn(C)c1)-c1cc(C(=O)N[C@@H](CO)Cc3c[nH]c4ccccc34)c(-c3cccs3)n1CC2. The predicted molar refractivity (Wildman–Crippen MR) is 166 cm³/mol. The molecular weight excluding hydrogens is 546 g/mol. The van der Waals surface area contributed by atoms with Gasteiger partial charge in [0.1, 0.15) is 5.75 Å². The van der Waals surface area contributed by atoms with Crippen LogP contribution in [0.4, 0.5) is 0 Å². The van der Waals surface area contributed by atoms with Gasteiger partial charge in [-0.2, -0.15) is 5.10 Å². The largest absolute Gasteiger partial charge is 0.496 e.